The summed E-state index contributed by atoms with van der Waals surface area (Å²) in [6, 6.07) is 0. The maximum absolute atomic E-state index is 11.3. The standard InChI is InChI=1S/C11H21NO4/c1-4-9-7-12(5-6-16-9)8-11(2,14)10(13)15-3/h9,14H,4-8H2,1-3H3. The smallest absolute Gasteiger partial charge is 0.338 e. The number of hydrogen-bond acceptors (Lipinski definition) is 5. The monoisotopic (exact) mass is 231 g/mol. The highest BCUT2D eigenvalue weighted by atomic mass is 16.5. The first-order valence-electron chi connectivity index (χ1n) is 5.64. The Morgan fingerprint density at radius 1 is 1.69 bits per heavy atom. The summed E-state index contributed by atoms with van der Waals surface area (Å²) in [4.78, 5) is 13.4. The third-order valence-electron chi connectivity index (χ3n) is 2.83. The molecular weight excluding hydrogens is 210 g/mol. The van der Waals surface area contributed by atoms with Crippen molar-refractivity contribution in [1.82, 2.24) is 4.90 Å². The molecule has 0 aromatic heterocycles. The summed E-state index contributed by atoms with van der Waals surface area (Å²) in [5.41, 5.74) is -1.44. The van der Waals surface area contributed by atoms with E-state index in [1.165, 1.54) is 14.0 Å². The molecule has 94 valence electrons. The maximum atomic E-state index is 11.3. The summed E-state index contributed by atoms with van der Waals surface area (Å²) in [5, 5.41) is 9.94. The molecule has 0 spiro atoms. The summed E-state index contributed by atoms with van der Waals surface area (Å²) in [6.07, 6.45) is 1.14. The van der Waals surface area contributed by atoms with Gasteiger partial charge in [-0.3, -0.25) is 4.90 Å². The Balaban J connectivity index is 2.49. The van der Waals surface area contributed by atoms with Crippen LogP contribution in [-0.4, -0.2) is 61.0 Å². The summed E-state index contributed by atoms with van der Waals surface area (Å²) in [7, 11) is 1.28. The zero-order chi connectivity index (χ0) is 12.2. The maximum Gasteiger partial charge on any atom is 0.338 e. The molecular formula is C11H21NO4. The van der Waals surface area contributed by atoms with Crippen LogP contribution in [0.1, 0.15) is 20.3 Å². The molecule has 5 nitrogen and oxygen atoms in total. The largest absolute Gasteiger partial charge is 0.467 e. The van der Waals surface area contributed by atoms with Gasteiger partial charge in [-0.25, -0.2) is 4.79 Å². The molecule has 2 atom stereocenters. The molecule has 0 aromatic rings. The predicted molar refractivity (Wildman–Crippen MR) is 59.1 cm³/mol. The van der Waals surface area contributed by atoms with Crippen LogP contribution in [0.15, 0.2) is 0 Å². The lowest BCUT2D eigenvalue weighted by Crippen LogP contribution is -2.52. The lowest BCUT2D eigenvalue weighted by molar-refractivity contribution is -0.164. The quantitative estimate of drug-likeness (QED) is 0.691. The van der Waals surface area contributed by atoms with Crippen molar-refractivity contribution in [3.63, 3.8) is 0 Å². The van der Waals surface area contributed by atoms with Gasteiger partial charge in [-0.05, 0) is 13.3 Å². The third-order valence-corrected chi connectivity index (χ3v) is 2.83. The minimum Gasteiger partial charge on any atom is -0.467 e. The van der Waals surface area contributed by atoms with Gasteiger partial charge in [0.25, 0.3) is 0 Å². The first-order valence-corrected chi connectivity index (χ1v) is 5.64. The number of morpholine rings is 1. The Bertz CT molecular complexity index is 242. The van der Waals surface area contributed by atoms with Crippen LogP contribution in [0, 0.1) is 0 Å². The number of methoxy groups -OCH3 is 1. The Hall–Kier alpha value is -0.650. The summed E-state index contributed by atoms with van der Waals surface area (Å²) in [5.74, 6) is -0.591. The SMILES string of the molecule is CCC1CN(CC(C)(O)C(=O)OC)CCO1. The van der Waals surface area contributed by atoms with E-state index in [0.29, 0.717) is 13.2 Å². The molecule has 2 unspecified atom stereocenters. The lowest BCUT2D eigenvalue weighted by Gasteiger charge is -2.35. The molecule has 1 rings (SSSR count). The van der Waals surface area contributed by atoms with Gasteiger partial charge < -0.3 is 14.6 Å². The Kier molecular flexibility index (Phi) is 4.70. The molecule has 0 radical (unpaired) electrons. The van der Waals surface area contributed by atoms with Crippen LogP contribution in [0.5, 0.6) is 0 Å². The molecule has 1 heterocycles. The van der Waals surface area contributed by atoms with Gasteiger partial charge in [-0.2, -0.15) is 0 Å². The van der Waals surface area contributed by atoms with Crippen LogP contribution in [0.4, 0.5) is 0 Å². The average Bonchev–Trinajstić information content (AvgIpc) is 2.27. The van der Waals surface area contributed by atoms with E-state index in [-0.39, 0.29) is 6.10 Å². The first kappa shape index (κ1) is 13.4. The van der Waals surface area contributed by atoms with Gasteiger partial charge >= 0.3 is 5.97 Å². The number of aliphatic hydroxyl groups is 1. The van der Waals surface area contributed by atoms with Crippen LogP contribution in [0.2, 0.25) is 0 Å². The number of carbonyl (C=O) groups excluding carboxylic acids is 1. The van der Waals surface area contributed by atoms with Crippen LogP contribution in [0.3, 0.4) is 0 Å². The molecule has 1 aliphatic rings. The molecule has 1 saturated heterocycles. The van der Waals surface area contributed by atoms with Crippen molar-refractivity contribution in [2.45, 2.75) is 32.0 Å². The van der Waals surface area contributed by atoms with Crippen molar-refractivity contribution in [1.29, 1.82) is 0 Å². The van der Waals surface area contributed by atoms with Gasteiger partial charge in [0, 0.05) is 19.6 Å². The number of carbonyl (C=O) groups is 1. The minimum absolute atomic E-state index is 0.196. The second-order valence-electron chi connectivity index (χ2n) is 4.40. The summed E-state index contributed by atoms with van der Waals surface area (Å²) >= 11 is 0. The number of rotatable bonds is 4. The molecule has 5 heteroatoms. The fraction of sp³-hybridized carbons (Fsp3) is 0.909. The van der Waals surface area contributed by atoms with Crippen molar-refractivity contribution >= 4 is 5.97 Å². The van der Waals surface area contributed by atoms with E-state index in [2.05, 4.69) is 11.7 Å². The van der Waals surface area contributed by atoms with Crippen LogP contribution in [0.25, 0.3) is 0 Å². The Morgan fingerprint density at radius 3 is 2.94 bits per heavy atom. The fourth-order valence-corrected chi connectivity index (χ4v) is 1.89. The fourth-order valence-electron chi connectivity index (χ4n) is 1.89. The molecule has 0 bridgehead atoms. The van der Waals surface area contributed by atoms with E-state index in [9.17, 15) is 9.90 Å². The van der Waals surface area contributed by atoms with Gasteiger partial charge in [0.05, 0.1) is 19.8 Å². The van der Waals surface area contributed by atoms with E-state index < -0.39 is 11.6 Å². The molecule has 1 fully saturated rings. The molecule has 16 heavy (non-hydrogen) atoms. The molecule has 1 aliphatic heterocycles. The normalized spacial score (nSPS) is 26.1. The molecule has 0 aromatic carbocycles. The van der Waals surface area contributed by atoms with Gasteiger partial charge in [0.1, 0.15) is 0 Å². The van der Waals surface area contributed by atoms with E-state index >= 15 is 0 Å². The molecule has 1 N–H and O–H groups in total. The van der Waals surface area contributed by atoms with Crippen molar-refractivity contribution < 1.29 is 19.4 Å². The van der Waals surface area contributed by atoms with E-state index in [4.69, 9.17) is 4.74 Å². The molecule has 0 saturated carbocycles. The van der Waals surface area contributed by atoms with Crippen molar-refractivity contribution in [2.24, 2.45) is 0 Å². The second-order valence-corrected chi connectivity index (χ2v) is 4.40. The molecule has 0 aliphatic carbocycles. The minimum atomic E-state index is -1.44. The number of nitrogens with zero attached hydrogens (tertiary/aromatic N) is 1. The second kappa shape index (κ2) is 5.61. The number of hydrogen-bond donors (Lipinski definition) is 1. The number of esters is 1. The number of β-amino-alcohol motifs (C(OH)–C–C–N with tert-alkyl or cyclic N) is 1. The lowest BCUT2D eigenvalue weighted by atomic mass is 10.1. The highest BCUT2D eigenvalue weighted by molar-refractivity contribution is 5.78. The summed E-state index contributed by atoms with van der Waals surface area (Å²) in [6.45, 7) is 5.98. The zero-order valence-electron chi connectivity index (χ0n) is 10.2. The van der Waals surface area contributed by atoms with Gasteiger partial charge in [-0.15, -0.1) is 0 Å². The highest BCUT2D eigenvalue weighted by Gasteiger charge is 2.35. The predicted octanol–water partition coefficient (Wildman–Crippen LogP) is 0.0212. The van der Waals surface area contributed by atoms with Gasteiger partial charge in [0.2, 0.25) is 0 Å². The zero-order valence-corrected chi connectivity index (χ0v) is 10.2. The topological polar surface area (TPSA) is 59.0 Å². The molecule has 0 amide bonds. The third kappa shape index (κ3) is 3.43. The Labute approximate surface area is 96.3 Å². The van der Waals surface area contributed by atoms with E-state index in [1.54, 1.807) is 0 Å². The number of ether oxygens (including phenoxy) is 2. The average molecular weight is 231 g/mol. The van der Waals surface area contributed by atoms with Gasteiger partial charge in [0.15, 0.2) is 5.60 Å². The van der Waals surface area contributed by atoms with E-state index in [0.717, 1.165) is 19.5 Å². The van der Waals surface area contributed by atoms with Crippen molar-refractivity contribution in [3.05, 3.63) is 0 Å². The van der Waals surface area contributed by atoms with Crippen molar-refractivity contribution in [2.75, 3.05) is 33.4 Å². The van der Waals surface area contributed by atoms with Crippen LogP contribution < -0.4 is 0 Å². The van der Waals surface area contributed by atoms with E-state index in [1.807, 2.05) is 4.90 Å². The highest BCUT2D eigenvalue weighted by Crippen LogP contribution is 2.13. The first-order chi connectivity index (χ1) is 7.49. The van der Waals surface area contributed by atoms with Crippen LogP contribution in [-0.2, 0) is 14.3 Å². The van der Waals surface area contributed by atoms with Gasteiger partial charge in [-0.1, -0.05) is 6.92 Å². The Morgan fingerprint density at radius 2 is 2.38 bits per heavy atom. The summed E-state index contributed by atoms with van der Waals surface area (Å²) < 4.78 is 10.1. The van der Waals surface area contributed by atoms with Crippen molar-refractivity contribution in [3.8, 4) is 0 Å². The van der Waals surface area contributed by atoms with Crippen LogP contribution >= 0.6 is 0 Å².